The molecule has 2 rings (SSSR count). The zero-order valence-electron chi connectivity index (χ0n) is 10.5. The van der Waals surface area contributed by atoms with Gasteiger partial charge in [0, 0.05) is 17.4 Å². The van der Waals surface area contributed by atoms with E-state index in [4.69, 9.17) is 11.6 Å². The number of rotatable bonds is 3. The second-order valence-corrected chi connectivity index (χ2v) is 4.45. The third-order valence-electron chi connectivity index (χ3n) is 2.52. The van der Waals surface area contributed by atoms with Crippen molar-refractivity contribution in [2.75, 3.05) is 5.32 Å². The zero-order chi connectivity index (χ0) is 14.7. The maximum absolute atomic E-state index is 12.0. The summed E-state index contributed by atoms with van der Waals surface area (Å²) in [7, 11) is 0. The van der Waals surface area contributed by atoms with Crippen LogP contribution in [0, 0.1) is 17.0 Å². The topological polar surface area (TPSA) is 85.1 Å². The average molecular weight is 292 g/mol. The molecule has 0 radical (unpaired) electrons. The Bertz CT molecular complexity index is 688. The molecule has 2 aromatic rings. The number of nitro groups is 1. The Kier molecular flexibility index (Phi) is 3.95. The maximum atomic E-state index is 12.0. The van der Waals surface area contributed by atoms with Gasteiger partial charge in [-0.3, -0.25) is 14.9 Å². The summed E-state index contributed by atoms with van der Waals surface area (Å²) in [5.74, 6) is -0.440. The van der Waals surface area contributed by atoms with Crippen molar-refractivity contribution in [3.05, 3.63) is 62.9 Å². The first kappa shape index (κ1) is 14.0. The molecule has 20 heavy (non-hydrogen) atoms. The molecule has 0 aliphatic heterocycles. The van der Waals surface area contributed by atoms with Crippen LogP contribution in [0.2, 0.25) is 5.02 Å². The van der Waals surface area contributed by atoms with E-state index in [1.54, 1.807) is 25.1 Å². The van der Waals surface area contributed by atoms with Crippen LogP contribution in [-0.2, 0) is 0 Å². The quantitative estimate of drug-likeness (QED) is 0.695. The summed E-state index contributed by atoms with van der Waals surface area (Å²) in [5, 5.41) is 13.3. The van der Waals surface area contributed by atoms with E-state index in [2.05, 4.69) is 10.3 Å². The molecule has 6 nitrogen and oxygen atoms in total. The van der Waals surface area contributed by atoms with E-state index < -0.39 is 10.8 Å². The molecule has 0 fully saturated rings. The summed E-state index contributed by atoms with van der Waals surface area (Å²) in [5.41, 5.74) is 0.971. The Balaban J connectivity index is 2.24. The van der Waals surface area contributed by atoms with Gasteiger partial charge in [-0.15, -0.1) is 0 Å². The number of hydrogen-bond acceptors (Lipinski definition) is 4. The van der Waals surface area contributed by atoms with Gasteiger partial charge in [0.2, 0.25) is 0 Å². The second kappa shape index (κ2) is 5.66. The number of carbonyl (C=O) groups is 1. The predicted molar refractivity (Wildman–Crippen MR) is 75.0 cm³/mol. The van der Waals surface area contributed by atoms with Crippen LogP contribution in [0.4, 0.5) is 11.4 Å². The molecule has 1 aromatic heterocycles. The lowest BCUT2D eigenvalue weighted by atomic mass is 10.2. The largest absolute Gasteiger partial charge is 0.320 e. The van der Waals surface area contributed by atoms with E-state index in [9.17, 15) is 14.9 Å². The Morgan fingerprint density at radius 3 is 2.75 bits per heavy atom. The van der Waals surface area contributed by atoms with Gasteiger partial charge in [-0.05, 0) is 31.2 Å². The van der Waals surface area contributed by atoms with Crippen molar-refractivity contribution in [2.45, 2.75) is 6.92 Å². The van der Waals surface area contributed by atoms with E-state index in [0.29, 0.717) is 5.69 Å². The summed E-state index contributed by atoms with van der Waals surface area (Å²) in [4.78, 5) is 26.2. The lowest BCUT2D eigenvalue weighted by molar-refractivity contribution is -0.384. The molecule has 1 amide bonds. The molecular weight excluding hydrogens is 282 g/mol. The minimum Gasteiger partial charge on any atom is -0.320 e. The van der Waals surface area contributed by atoms with Crippen molar-refractivity contribution in [1.29, 1.82) is 0 Å². The van der Waals surface area contributed by atoms with Crippen LogP contribution >= 0.6 is 11.6 Å². The number of nitrogens with one attached hydrogen (secondary N) is 1. The Morgan fingerprint density at radius 1 is 1.35 bits per heavy atom. The smallest absolute Gasteiger partial charge is 0.289 e. The Morgan fingerprint density at radius 2 is 2.10 bits per heavy atom. The van der Waals surface area contributed by atoms with Crippen LogP contribution in [0.15, 0.2) is 36.4 Å². The van der Waals surface area contributed by atoms with Crippen LogP contribution in [-0.4, -0.2) is 15.8 Å². The number of halogens is 1. The first-order chi connectivity index (χ1) is 9.47. The fraction of sp³-hybridized carbons (Fsp3) is 0.0769. The number of anilines is 1. The standard InChI is InChI=1S/C13H10ClN3O3/c1-8-3-2-4-11(15-8)13(18)16-9-5-6-10(14)12(7-9)17(19)20/h2-7H,1H3,(H,16,18). The average Bonchev–Trinajstić information content (AvgIpc) is 2.40. The molecule has 1 heterocycles. The molecule has 0 aliphatic carbocycles. The lowest BCUT2D eigenvalue weighted by Gasteiger charge is -2.05. The van der Waals surface area contributed by atoms with Crippen LogP contribution in [0.1, 0.15) is 16.2 Å². The van der Waals surface area contributed by atoms with Gasteiger partial charge >= 0.3 is 0 Å². The number of amides is 1. The van der Waals surface area contributed by atoms with Gasteiger partial charge in [0.15, 0.2) is 0 Å². The Labute approximate surface area is 119 Å². The van der Waals surface area contributed by atoms with E-state index in [-0.39, 0.29) is 22.1 Å². The number of nitro benzene ring substituents is 1. The van der Waals surface area contributed by atoms with Gasteiger partial charge < -0.3 is 5.32 Å². The van der Waals surface area contributed by atoms with Gasteiger partial charge in [0.1, 0.15) is 10.7 Å². The fourth-order valence-electron chi connectivity index (χ4n) is 1.59. The molecule has 1 aromatic carbocycles. The number of aromatic nitrogens is 1. The highest BCUT2D eigenvalue weighted by molar-refractivity contribution is 6.32. The minimum absolute atomic E-state index is 0.0154. The summed E-state index contributed by atoms with van der Waals surface area (Å²) >= 11 is 5.70. The van der Waals surface area contributed by atoms with Gasteiger partial charge in [-0.2, -0.15) is 0 Å². The van der Waals surface area contributed by atoms with Crippen molar-refractivity contribution >= 4 is 28.9 Å². The maximum Gasteiger partial charge on any atom is 0.289 e. The van der Waals surface area contributed by atoms with Gasteiger partial charge in [-0.25, -0.2) is 4.98 Å². The third-order valence-corrected chi connectivity index (χ3v) is 2.84. The molecule has 0 aliphatic rings. The first-order valence-electron chi connectivity index (χ1n) is 5.66. The van der Waals surface area contributed by atoms with Gasteiger partial charge in [0.25, 0.3) is 11.6 Å². The van der Waals surface area contributed by atoms with Crippen molar-refractivity contribution < 1.29 is 9.72 Å². The van der Waals surface area contributed by atoms with Crippen molar-refractivity contribution in [1.82, 2.24) is 4.98 Å². The molecule has 0 unspecified atom stereocenters. The number of aryl methyl sites for hydroxylation is 1. The fourth-order valence-corrected chi connectivity index (χ4v) is 1.78. The van der Waals surface area contributed by atoms with Crippen molar-refractivity contribution in [3.63, 3.8) is 0 Å². The van der Waals surface area contributed by atoms with Crippen molar-refractivity contribution in [3.8, 4) is 0 Å². The lowest BCUT2D eigenvalue weighted by Crippen LogP contribution is -2.14. The number of carbonyl (C=O) groups excluding carboxylic acids is 1. The molecular formula is C13H10ClN3O3. The minimum atomic E-state index is -0.608. The molecule has 7 heteroatoms. The van der Waals surface area contributed by atoms with Crippen molar-refractivity contribution in [2.24, 2.45) is 0 Å². The SMILES string of the molecule is Cc1cccc(C(=O)Nc2ccc(Cl)c([N+](=O)[O-])c2)n1. The normalized spacial score (nSPS) is 10.1. The molecule has 0 saturated carbocycles. The number of nitrogens with zero attached hydrogens (tertiary/aromatic N) is 2. The highest BCUT2D eigenvalue weighted by atomic mass is 35.5. The first-order valence-corrected chi connectivity index (χ1v) is 6.04. The van der Waals surface area contributed by atoms with Crippen LogP contribution in [0.25, 0.3) is 0 Å². The zero-order valence-corrected chi connectivity index (χ0v) is 11.2. The van der Waals surface area contributed by atoms with Crippen LogP contribution in [0.5, 0.6) is 0 Å². The molecule has 0 spiro atoms. The predicted octanol–water partition coefficient (Wildman–Crippen LogP) is 3.20. The molecule has 0 saturated heterocycles. The molecule has 102 valence electrons. The highest BCUT2D eigenvalue weighted by Gasteiger charge is 2.14. The van der Waals surface area contributed by atoms with Gasteiger partial charge in [-0.1, -0.05) is 17.7 Å². The number of benzene rings is 1. The molecule has 0 atom stereocenters. The second-order valence-electron chi connectivity index (χ2n) is 4.04. The van der Waals surface area contributed by atoms with Gasteiger partial charge in [0.05, 0.1) is 4.92 Å². The molecule has 1 N–H and O–H groups in total. The van der Waals surface area contributed by atoms with Crippen LogP contribution in [0.3, 0.4) is 0 Å². The summed E-state index contributed by atoms with van der Waals surface area (Å²) in [6.07, 6.45) is 0. The summed E-state index contributed by atoms with van der Waals surface area (Å²) in [6.45, 7) is 1.77. The molecule has 0 bridgehead atoms. The number of pyridine rings is 1. The monoisotopic (exact) mass is 291 g/mol. The van der Waals surface area contributed by atoms with E-state index in [1.165, 1.54) is 18.2 Å². The highest BCUT2D eigenvalue weighted by Crippen LogP contribution is 2.27. The number of hydrogen-bond donors (Lipinski definition) is 1. The summed E-state index contributed by atoms with van der Waals surface area (Å²) in [6, 6.07) is 9.09. The van der Waals surface area contributed by atoms with E-state index >= 15 is 0 Å². The summed E-state index contributed by atoms with van der Waals surface area (Å²) < 4.78 is 0. The van der Waals surface area contributed by atoms with E-state index in [1.807, 2.05) is 0 Å². The Hall–Kier alpha value is -2.47. The van der Waals surface area contributed by atoms with E-state index in [0.717, 1.165) is 0 Å². The third kappa shape index (κ3) is 3.10. The van der Waals surface area contributed by atoms with Crippen LogP contribution < -0.4 is 5.32 Å².